The molecule has 0 atom stereocenters. The van der Waals surface area contributed by atoms with E-state index < -0.39 is 0 Å². The van der Waals surface area contributed by atoms with Crippen LogP contribution in [0.1, 0.15) is 10.4 Å². The Kier molecular flexibility index (Phi) is 4.99. The molecular formula is C17H18N2O2. The topological polar surface area (TPSA) is 50.4 Å². The number of carbonyl (C=O) groups excluding carboxylic acids is 1. The van der Waals surface area contributed by atoms with E-state index in [0.29, 0.717) is 12.1 Å². The highest BCUT2D eigenvalue weighted by molar-refractivity contribution is 6.04. The molecule has 0 aliphatic rings. The Hall–Kier alpha value is -2.75. The van der Waals surface area contributed by atoms with Gasteiger partial charge in [-0.1, -0.05) is 6.08 Å². The lowest BCUT2D eigenvalue weighted by atomic mass is 10.2. The highest BCUT2D eigenvalue weighted by Gasteiger charge is 2.06. The molecule has 0 aliphatic heterocycles. The van der Waals surface area contributed by atoms with Crippen LogP contribution in [0, 0.1) is 0 Å². The Labute approximate surface area is 124 Å². The van der Waals surface area contributed by atoms with Crippen LogP contribution in [0.25, 0.3) is 0 Å². The summed E-state index contributed by atoms with van der Waals surface area (Å²) in [4.78, 5) is 12.1. The van der Waals surface area contributed by atoms with Crippen LogP contribution < -0.4 is 15.4 Å². The summed E-state index contributed by atoms with van der Waals surface area (Å²) < 4.78 is 5.07. The summed E-state index contributed by atoms with van der Waals surface area (Å²) in [6.07, 6.45) is 1.79. The maximum absolute atomic E-state index is 12.1. The average Bonchev–Trinajstić information content (AvgIpc) is 2.54. The standard InChI is InChI=1S/C17H18N2O2/c1-3-12-18-14-6-8-15(9-7-14)19-17(20)13-4-10-16(21-2)11-5-13/h3-11,18H,1,12H2,2H3,(H,19,20). The zero-order valence-corrected chi connectivity index (χ0v) is 11.9. The molecule has 4 nitrogen and oxygen atoms in total. The van der Waals surface area contributed by atoms with Crippen LogP contribution in [-0.2, 0) is 0 Å². The monoisotopic (exact) mass is 282 g/mol. The molecule has 0 bridgehead atoms. The molecular weight excluding hydrogens is 264 g/mol. The van der Waals surface area contributed by atoms with Crippen LogP contribution in [0.5, 0.6) is 5.75 Å². The first-order chi connectivity index (χ1) is 10.2. The first-order valence-corrected chi connectivity index (χ1v) is 6.63. The van der Waals surface area contributed by atoms with Gasteiger partial charge >= 0.3 is 0 Å². The van der Waals surface area contributed by atoms with E-state index in [0.717, 1.165) is 17.1 Å². The lowest BCUT2D eigenvalue weighted by molar-refractivity contribution is 0.102. The fourth-order valence-corrected chi connectivity index (χ4v) is 1.81. The van der Waals surface area contributed by atoms with Crippen LogP contribution in [0.4, 0.5) is 11.4 Å². The molecule has 1 amide bonds. The smallest absolute Gasteiger partial charge is 0.255 e. The van der Waals surface area contributed by atoms with Crippen molar-refractivity contribution < 1.29 is 9.53 Å². The van der Waals surface area contributed by atoms with Gasteiger partial charge in [-0.2, -0.15) is 0 Å². The van der Waals surface area contributed by atoms with Crippen molar-refractivity contribution >= 4 is 17.3 Å². The number of anilines is 2. The minimum atomic E-state index is -0.149. The molecule has 0 saturated carbocycles. The van der Waals surface area contributed by atoms with E-state index in [2.05, 4.69) is 17.2 Å². The van der Waals surface area contributed by atoms with Gasteiger partial charge in [-0.15, -0.1) is 6.58 Å². The van der Waals surface area contributed by atoms with Gasteiger partial charge in [0.1, 0.15) is 5.75 Å². The maximum atomic E-state index is 12.1. The lowest BCUT2D eigenvalue weighted by Gasteiger charge is -2.08. The Morgan fingerprint density at radius 3 is 2.29 bits per heavy atom. The van der Waals surface area contributed by atoms with Gasteiger partial charge in [0.25, 0.3) is 5.91 Å². The van der Waals surface area contributed by atoms with Crippen molar-refractivity contribution in [2.75, 3.05) is 24.3 Å². The predicted molar refractivity (Wildman–Crippen MR) is 86.1 cm³/mol. The summed E-state index contributed by atoms with van der Waals surface area (Å²) in [7, 11) is 1.59. The van der Waals surface area contributed by atoms with Crippen molar-refractivity contribution in [3.63, 3.8) is 0 Å². The summed E-state index contributed by atoms with van der Waals surface area (Å²) >= 11 is 0. The van der Waals surface area contributed by atoms with Gasteiger partial charge in [-0.05, 0) is 48.5 Å². The highest BCUT2D eigenvalue weighted by Crippen LogP contribution is 2.16. The van der Waals surface area contributed by atoms with Crippen LogP contribution in [-0.4, -0.2) is 19.6 Å². The van der Waals surface area contributed by atoms with Crippen molar-refractivity contribution in [2.45, 2.75) is 0 Å². The SMILES string of the molecule is C=CCNc1ccc(NC(=O)c2ccc(OC)cc2)cc1. The van der Waals surface area contributed by atoms with E-state index in [1.165, 1.54) is 0 Å². The summed E-state index contributed by atoms with van der Waals surface area (Å²) in [5.41, 5.74) is 2.32. The molecule has 0 saturated heterocycles. The molecule has 108 valence electrons. The van der Waals surface area contributed by atoms with E-state index in [1.807, 2.05) is 24.3 Å². The second-order valence-corrected chi connectivity index (χ2v) is 4.43. The average molecular weight is 282 g/mol. The lowest BCUT2D eigenvalue weighted by Crippen LogP contribution is -2.11. The molecule has 0 aliphatic carbocycles. The number of carbonyl (C=O) groups is 1. The first kappa shape index (κ1) is 14.7. The zero-order chi connectivity index (χ0) is 15.1. The molecule has 0 unspecified atom stereocenters. The van der Waals surface area contributed by atoms with Gasteiger partial charge in [0.2, 0.25) is 0 Å². The molecule has 0 radical (unpaired) electrons. The Bertz CT molecular complexity index is 604. The van der Waals surface area contributed by atoms with Crippen molar-refractivity contribution in [3.8, 4) is 5.75 Å². The number of benzene rings is 2. The number of hydrogen-bond acceptors (Lipinski definition) is 3. The molecule has 2 N–H and O–H groups in total. The molecule has 0 spiro atoms. The zero-order valence-electron chi connectivity index (χ0n) is 11.9. The van der Waals surface area contributed by atoms with Crippen LogP contribution in [0.15, 0.2) is 61.2 Å². The fourth-order valence-electron chi connectivity index (χ4n) is 1.81. The maximum Gasteiger partial charge on any atom is 0.255 e. The van der Waals surface area contributed by atoms with Gasteiger partial charge in [-0.25, -0.2) is 0 Å². The minimum Gasteiger partial charge on any atom is -0.497 e. The number of methoxy groups -OCH3 is 1. The van der Waals surface area contributed by atoms with Gasteiger partial charge in [-0.3, -0.25) is 4.79 Å². The van der Waals surface area contributed by atoms with E-state index in [9.17, 15) is 4.79 Å². The number of amides is 1. The number of rotatable bonds is 6. The van der Waals surface area contributed by atoms with Gasteiger partial charge in [0.05, 0.1) is 7.11 Å². The summed E-state index contributed by atoms with van der Waals surface area (Å²) in [5, 5.41) is 6.03. The third-order valence-corrected chi connectivity index (χ3v) is 2.95. The van der Waals surface area contributed by atoms with Crippen molar-refractivity contribution in [1.29, 1.82) is 0 Å². The molecule has 21 heavy (non-hydrogen) atoms. The Morgan fingerprint density at radius 1 is 1.10 bits per heavy atom. The van der Waals surface area contributed by atoms with E-state index >= 15 is 0 Å². The van der Waals surface area contributed by atoms with Crippen LogP contribution >= 0.6 is 0 Å². The van der Waals surface area contributed by atoms with Gasteiger partial charge in [0, 0.05) is 23.5 Å². The third kappa shape index (κ3) is 4.11. The largest absolute Gasteiger partial charge is 0.497 e. The number of ether oxygens (including phenoxy) is 1. The van der Waals surface area contributed by atoms with Crippen LogP contribution in [0.2, 0.25) is 0 Å². The minimum absolute atomic E-state index is 0.149. The molecule has 2 rings (SSSR count). The number of nitrogens with one attached hydrogen (secondary N) is 2. The summed E-state index contributed by atoms with van der Waals surface area (Å²) in [6.45, 7) is 4.36. The van der Waals surface area contributed by atoms with Crippen molar-refractivity contribution in [2.24, 2.45) is 0 Å². The quantitative estimate of drug-likeness (QED) is 0.797. The summed E-state index contributed by atoms with van der Waals surface area (Å²) in [5.74, 6) is 0.577. The van der Waals surface area contributed by atoms with E-state index in [-0.39, 0.29) is 5.91 Å². The predicted octanol–water partition coefficient (Wildman–Crippen LogP) is 3.55. The molecule has 0 heterocycles. The van der Waals surface area contributed by atoms with Gasteiger partial charge < -0.3 is 15.4 Å². The van der Waals surface area contributed by atoms with Gasteiger partial charge in [0.15, 0.2) is 0 Å². The van der Waals surface area contributed by atoms with Crippen LogP contribution in [0.3, 0.4) is 0 Å². The van der Waals surface area contributed by atoms with E-state index in [4.69, 9.17) is 4.74 Å². The molecule has 0 fully saturated rings. The van der Waals surface area contributed by atoms with E-state index in [1.54, 1.807) is 37.5 Å². The second kappa shape index (κ2) is 7.14. The molecule has 2 aromatic rings. The number of hydrogen-bond donors (Lipinski definition) is 2. The summed E-state index contributed by atoms with van der Waals surface area (Å²) in [6, 6.07) is 14.5. The first-order valence-electron chi connectivity index (χ1n) is 6.63. The normalized spacial score (nSPS) is 9.76. The second-order valence-electron chi connectivity index (χ2n) is 4.43. The Morgan fingerprint density at radius 2 is 1.71 bits per heavy atom. The van der Waals surface area contributed by atoms with Crippen molar-refractivity contribution in [3.05, 3.63) is 66.7 Å². The molecule has 4 heteroatoms. The fraction of sp³-hybridized carbons (Fsp3) is 0.118. The third-order valence-electron chi connectivity index (χ3n) is 2.95. The Balaban J connectivity index is 1.99. The molecule has 0 aromatic heterocycles. The highest BCUT2D eigenvalue weighted by atomic mass is 16.5. The van der Waals surface area contributed by atoms with Crippen molar-refractivity contribution in [1.82, 2.24) is 0 Å². The molecule has 2 aromatic carbocycles.